The van der Waals surface area contributed by atoms with Crippen molar-refractivity contribution in [1.82, 2.24) is 10.3 Å². The van der Waals surface area contributed by atoms with Crippen molar-refractivity contribution in [3.05, 3.63) is 63.1 Å². The minimum atomic E-state index is -0.484. The van der Waals surface area contributed by atoms with Gasteiger partial charge >= 0.3 is 0 Å². The first-order valence-electron chi connectivity index (χ1n) is 9.95. The summed E-state index contributed by atoms with van der Waals surface area (Å²) in [6, 6.07) is 13.5. The fourth-order valence-electron chi connectivity index (χ4n) is 3.52. The van der Waals surface area contributed by atoms with Crippen LogP contribution in [0, 0.1) is 0 Å². The van der Waals surface area contributed by atoms with Crippen molar-refractivity contribution in [3.8, 4) is 5.75 Å². The number of hydrogen-bond donors (Lipinski definition) is 1. The average Bonchev–Trinajstić information content (AvgIpc) is 2.76. The number of halogens is 1. The van der Waals surface area contributed by atoms with E-state index in [1.54, 1.807) is 23.9 Å². The van der Waals surface area contributed by atoms with Crippen LogP contribution in [0.4, 0.5) is 0 Å². The third-order valence-electron chi connectivity index (χ3n) is 4.97. The summed E-state index contributed by atoms with van der Waals surface area (Å²) in [5.74, 6) is 1.45. The zero-order valence-electron chi connectivity index (χ0n) is 16.9. The molecule has 1 amide bonds. The zero-order chi connectivity index (χ0) is 21.1. The van der Waals surface area contributed by atoms with E-state index in [1.165, 1.54) is 0 Å². The van der Waals surface area contributed by atoms with E-state index in [2.05, 4.69) is 28.2 Å². The Hall–Kier alpha value is -2.32. The Bertz CT molecular complexity index is 1120. The van der Waals surface area contributed by atoms with E-state index in [-0.39, 0.29) is 5.91 Å². The number of ether oxygens (including phenoxy) is 1. The number of hydrogen-bond acceptors (Lipinski definition) is 6. The summed E-state index contributed by atoms with van der Waals surface area (Å²) >= 11 is 5.07. The van der Waals surface area contributed by atoms with Crippen LogP contribution in [0.2, 0.25) is 0 Å². The molecular formula is C22H23BrN4O2S. The lowest BCUT2D eigenvalue weighted by molar-refractivity contribution is -0.116. The molecule has 0 unspecified atom stereocenters. The van der Waals surface area contributed by atoms with E-state index in [0.717, 1.165) is 45.6 Å². The van der Waals surface area contributed by atoms with Gasteiger partial charge in [0.2, 0.25) is 0 Å². The van der Waals surface area contributed by atoms with Crippen molar-refractivity contribution in [2.45, 2.75) is 32.4 Å². The number of thioether (sulfide) groups is 1. The molecule has 1 atom stereocenters. The number of carbonyl (C=O) groups is 1. The second kappa shape index (κ2) is 9.22. The highest BCUT2D eigenvalue weighted by molar-refractivity contribution is 9.10. The third kappa shape index (κ3) is 4.11. The van der Waals surface area contributed by atoms with Crippen molar-refractivity contribution in [3.63, 3.8) is 0 Å². The largest absolute Gasteiger partial charge is 0.496 e. The minimum Gasteiger partial charge on any atom is -0.496 e. The Morgan fingerprint density at radius 1 is 1.23 bits per heavy atom. The number of methoxy groups -OCH3 is 1. The van der Waals surface area contributed by atoms with Gasteiger partial charge in [-0.25, -0.2) is 5.01 Å². The van der Waals surface area contributed by atoms with E-state index >= 15 is 0 Å². The second-order valence-electron chi connectivity index (χ2n) is 7.01. The molecule has 2 aliphatic rings. The number of nitrogens with one attached hydrogen (secondary N) is 1. The van der Waals surface area contributed by atoms with Gasteiger partial charge in [0.05, 0.1) is 12.5 Å². The number of hydrazone groups is 1. The van der Waals surface area contributed by atoms with Crippen LogP contribution in [0.15, 0.2) is 57.0 Å². The Kier molecular flexibility index (Phi) is 6.43. The Labute approximate surface area is 188 Å². The molecule has 1 N–H and O–H groups in total. The van der Waals surface area contributed by atoms with Crippen molar-refractivity contribution < 1.29 is 9.53 Å². The van der Waals surface area contributed by atoms with Crippen LogP contribution in [0.5, 0.6) is 5.75 Å². The van der Waals surface area contributed by atoms with Gasteiger partial charge < -0.3 is 4.74 Å². The molecule has 30 heavy (non-hydrogen) atoms. The van der Waals surface area contributed by atoms with Gasteiger partial charge in [0.1, 0.15) is 11.4 Å². The fraction of sp³-hybridized carbons (Fsp3) is 0.318. The number of amides is 1. The normalized spacial score (nSPS) is 17.5. The number of benzene rings is 2. The van der Waals surface area contributed by atoms with Crippen LogP contribution in [0.3, 0.4) is 0 Å². The SMILES string of the molecule is CCCCCSC1=NN2C(=c3cc(Br)ccc3=N[C@H]2c2ccccc2OC)C(=O)N1. The second-order valence-corrected chi connectivity index (χ2v) is 9.01. The molecule has 2 heterocycles. The first-order chi connectivity index (χ1) is 14.6. The summed E-state index contributed by atoms with van der Waals surface area (Å²) in [5, 5.41) is 11.6. The third-order valence-corrected chi connectivity index (χ3v) is 6.42. The summed E-state index contributed by atoms with van der Waals surface area (Å²) in [4.78, 5) is 18.1. The van der Waals surface area contributed by atoms with Gasteiger partial charge in [-0.1, -0.05) is 65.7 Å². The lowest BCUT2D eigenvalue weighted by Gasteiger charge is -2.34. The van der Waals surface area contributed by atoms with Gasteiger partial charge in [0.25, 0.3) is 5.91 Å². The van der Waals surface area contributed by atoms with E-state index < -0.39 is 6.17 Å². The Morgan fingerprint density at radius 3 is 2.87 bits per heavy atom. The zero-order valence-corrected chi connectivity index (χ0v) is 19.3. The molecule has 0 bridgehead atoms. The lowest BCUT2D eigenvalue weighted by Crippen LogP contribution is -2.50. The molecule has 0 fully saturated rings. The maximum atomic E-state index is 13.2. The first kappa shape index (κ1) is 20.9. The van der Waals surface area contributed by atoms with Gasteiger partial charge in [-0.15, -0.1) is 5.10 Å². The molecule has 6 nitrogen and oxygen atoms in total. The molecule has 0 aromatic heterocycles. The molecule has 156 valence electrons. The smallest absolute Gasteiger partial charge is 0.276 e. The number of para-hydroxylation sites is 1. The molecule has 2 aromatic rings. The van der Waals surface area contributed by atoms with Gasteiger partial charge in [-0.05, 0) is 30.7 Å². The molecule has 8 heteroatoms. The summed E-state index contributed by atoms with van der Waals surface area (Å²) in [5.41, 5.74) is 1.36. The molecule has 0 spiro atoms. The van der Waals surface area contributed by atoms with Crippen LogP contribution in [-0.2, 0) is 4.79 Å². The van der Waals surface area contributed by atoms with Gasteiger partial charge in [0, 0.05) is 21.0 Å². The monoisotopic (exact) mass is 486 g/mol. The van der Waals surface area contributed by atoms with Gasteiger partial charge in [0.15, 0.2) is 11.3 Å². The molecule has 0 saturated carbocycles. The number of unbranched alkanes of at least 4 members (excludes halogenated alkanes) is 2. The molecule has 2 aliphatic heterocycles. The first-order valence-corrected chi connectivity index (χ1v) is 11.7. The molecule has 0 aliphatic carbocycles. The topological polar surface area (TPSA) is 66.3 Å². The standard InChI is InChI=1S/C22H23BrN4O2S/c1-3-4-7-12-30-22-25-21(28)19-16-13-14(23)10-11-17(16)24-20(27(19)26-22)15-8-5-6-9-18(15)29-2/h5-6,8-11,13,20H,3-4,7,12H2,1-2H3,(H,25,26,28)/t20-/m1/s1. The maximum Gasteiger partial charge on any atom is 0.276 e. The van der Waals surface area contributed by atoms with Crippen molar-refractivity contribution in [2.75, 3.05) is 12.9 Å². The summed E-state index contributed by atoms with van der Waals surface area (Å²) in [6.45, 7) is 2.18. The number of fused-ring (bicyclic) bond motifs is 2. The predicted octanol–water partition coefficient (Wildman–Crippen LogP) is 3.52. The highest BCUT2D eigenvalue weighted by atomic mass is 79.9. The Balaban J connectivity index is 1.83. The lowest BCUT2D eigenvalue weighted by atomic mass is 10.1. The molecular weight excluding hydrogens is 464 g/mol. The Morgan fingerprint density at radius 2 is 2.07 bits per heavy atom. The molecule has 2 aromatic carbocycles. The minimum absolute atomic E-state index is 0.169. The van der Waals surface area contributed by atoms with Crippen LogP contribution < -0.4 is 20.6 Å². The highest BCUT2D eigenvalue weighted by Crippen LogP contribution is 2.35. The number of carbonyl (C=O) groups excluding carboxylic acids is 1. The van der Waals surface area contributed by atoms with Crippen LogP contribution in [0.1, 0.15) is 37.9 Å². The van der Waals surface area contributed by atoms with E-state index in [1.807, 2.05) is 42.5 Å². The summed E-state index contributed by atoms with van der Waals surface area (Å²) in [6.07, 6.45) is 2.92. The van der Waals surface area contributed by atoms with Crippen LogP contribution >= 0.6 is 27.7 Å². The summed E-state index contributed by atoms with van der Waals surface area (Å²) in [7, 11) is 1.64. The molecule has 0 saturated heterocycles. The van der Waals surface area contributed by atoms with Gasteiger partial charge in [-0.3, -0.25) is 15.1 Å². The fourth-order valence-corrected chi connectivity index (χ4v) is 4.73. The predicted molar refractivity (Wildman–Crippen MR) is 123 cm³/mol. The van der Waals surface area contributed by atoms with Crippen molar-refractivity contribution >= 4 is 44.5 Å². The molecule has 0 radical (unpaired) electrons. The number of amidine groups is 1. The van der Waals surface area contributed by atoms with E-state index in [9.17, 15) is 4.79 Å². The van der Waals surface area contributed by atoms with E-state index in [4.69, 9.17) is 14.8 Å². The van der Waals surface area contributed by atoms with Crippen LogP contribution in [0.25, 0.3) is 5.70 Å². The van der Waals surface area contributed by atoms with Crippen LogP contribution in [-0.4, -0.2) is 28.9 Å². The van der Waals surface area contributed by atoms with Gasteiger partial charge in [-0.2, -0.15) is 0 Å². The number of rotatable bonds is 6. The van der Waals surface area contributed by atoms with Crippen molar-refractivity contribution in [2.24, 2.45) is 10.1 Å². The highest BCUT2D eigenvalue weighted by Gasteiger charge is 2.35. The van der Waals surface area contributed by atoms with Crippen molar-refractivity contribution in [1.29, 1.82) is 0 Å². The quantitative estimate of drug-likeness (QED) is 0.634. The van der Waals surface area contributed by atoms with E-state index in [0.29, 0.717) is 16.6 Å². The molecule has 4 rings (SSSR count). The number of nitrogens with zero attached hydrogens (tertiary/aromatic N) is 3. The summed E-state index contributed by atoms with van der Waals surface area (Å²) < 4.78 is 6.46. The maximum absolute atomic E-state index is 13.2. The average molecular weight is 487 g/mol.